The van der Waals surface area contributed by atoms with E-state index < -0.39 is 0 Å². The monoisotopic (exact) mass is 234 g/mol. The van der Waals surface area contributed by atoms with E-state index in [-0.39, 0.29) is 0 Å². The Labute approximate surface area is 95.6 Å². The highest BCUT2D eigenvalue weighted by atomic mass is 35.5. The number of fused-ring (bicyclic) bond motifs is 1. The minimum absolute atomic E-state index is 0.308. The van der Waals surface area contributed by atoms with Crippen LogP contribution in [0.2, 0.25) is 5.15 Å². The van der Waals surface area contributed by atoms with Crippen LogP contribution in [0, 0.1) is 0 Å². The highest BCUT2D eigenvalue weighted by Crippen LogP contribution is 2.21. The van der Waals surface area contributed by atoms with Gasteiger partial charge < -0.3 is 4.98 Å². The number of nitrogens with one attached hydrogen (secondary N) is 1. The van der Waals surface area contributed by atoms with Gasteiger partial charge in [0.2, 0.25) is 0 Å². The summed E-state index contributed by atoms with van der Waals surface area (Å²) in [6.45, 7) is 0.308. The molecule has 0 aliphatic rings. The van der Waals surface area contributed by atoms with Gasteiger partial charge in [0.15, 0.2) is 5.15 Å². The van der Waals surface area contributed by atoms with Crippen LogP contribution in [0.15, 0.2) is 23.7 Å². The smallest absolute Gasteiger partial charge is 0.156 e. The van der Waals surface area contributed by atoms with E-state index in [0.29, 0.717) is 17.2 Å². The molecular weight excluding hydrogens is 228 g/mol. The molecule has 0 radical (unpaired) electrons. The highest BCUT2D eigenvalue weighted by molar-refractivity contribution is 6.33. The Morgan fingerprint density at radius 2 is 2.44 bits per heavy atom. The Kier molecular flexibility index (Phi) is 3.05. The fraction of sp³-hybridized carbons (Fsp3) is 0.111. The molecule has 0 amide bonds. The predicted molar refractivity (Wildman–Crippen MR) is 61.9 cm³/mol. The van der Waals surface area contributed by atoms with Crippen molar-refractivity contribution < 1.29 is 0 Å². The van der Waals surface area contributed by atoms with Crippen LogP contribution < -0.4 is 0 Å². The summed E-state index contributed by atoms with van der Waals surface area (Å²) in [4.78, 5) is 13.6. The van der Waals surface area contributed by atoms with Crippen LogP contribution in [-0.4, -0.2) is 21.5 Å². The van der Waals surface area contributed by atoms with E-state index in [0.717, 1.165) is 11.1 Å². The molecule has 6 nitrogen and oxygen atoms in total. The van der Waals surface area contributed by atoms with Crippen molar-refractivity contribution in [1.82, 2.24) is 15.0 Å². The summed E-state index contributed by atoms with van der Waals surface area (Å²) < 4.78 is 0. The molecule has 0 aromatic carbocycles. The van der Waals surface area contributed by atoms with Crippen molar-refractivity contribution in [1.29, 1.82) is 0 Å². The molecule has 2 heterocycles. The third kappa shape index (κ3) is 1.98. The Hall–Kier alpha value is -2.04. The maximum absolute atomic E-state index is 8.11. The molecule has 0 atom stereocenters. The van der Waals surface area contributed by atoms with Gasteiger partial charge in [0.05, 0.1) is 0 Å². The molecule has 2 aromatic heterocycles. The SMILES string of the molecule is [N-]=[N+]=NCC=Cc1c[nH]c2c(Cl)ncnc12. The summed E-state index contributed by atoms with van der Waals surface area (Å²) in [6.07, 6.45) is 6.75. The second-order valence-electron chi connectivity index (χ2n) is 2.95. The largest absolute Gasteiger partial charge is 0.357 e. The molecule has 0 spiro atoms. The first-order valence-electron chi connectivity index (χ1n) is 4.48. The van der Waals surface area contributed by atoms with E-state index >= 15 is 0 Å². The van der Waals surface area contributed by atoms with Gasteiger partial charge in [-0.3, -0.25) is 0 Å². The normalized spacial score (nSPS) is 10.8. The number of halogens is 1. The Bertz CT molecular complexity index is 581. The molecule has 0 bridgehead atoms. The minimum atomic E-state index is 0.308. The zero-order valence-electron chi connectivity index (χ0n) is 8.13. The molecule has 0 saturated carbocycles. The molecule has 7 heteroatoms. The molecule has 80 valence electrons. The Morgan fingerprint density at radius 1 is 1.56 bits per heavy atom. The molecule has 0 unspecified atom stereocenters. The van der Waals surface area contributed by atoms with Gasteiger partial charge in [-0.2, -0.15) is 0 Å². The number of hydrogen-bond acceptors (Lipinski definition) is 3. The summed E-state index contributed by atoms with van der Waals surface area (Å²) in [6, 6.07) is 0. The van der Waals surface area contributed by atoms with Gasteiger partial charge >= 0.3 is 0 Å². The lowest BCUT2D eigenvalue weighted by Gasteiger charge is -1.91. The van der Waals surface area contributed by atoms with Gasteiger partial charge in [-0.05, 0) is 5.53 Å². The van der Waals surface area contributed by atoms with E-state index in [2.05, 4.69) is 25.0 Å². The summed E-state index contributed by atoms with van der Waals surface area (Å²) in [5, 5.41) is 3.78. The summed E-state index contributed by atoms with van der Waals surface area (Å²) in [5.41, 5.74) is 10.4. The number of azide groups is 1. The zero-order valence-corrected chi connectivity index (χ0v) is 8.89. The fourth-order valence-electron chi connectivity index (χ4n) is 1.32. The molecular formula is C9H7ClN6. The van der Waals surface area contributed by atoms with Gasteiger partial charge in [-0.15, -0.1) is 0 Å². The van der Waals surface area contributed by atoms with Gasteiger partial charge in [0.25, 0.3) is 0 Å². The van der Waals surface area contributed by atoms with Gasteiger partial charge in [0.1, 0.15) is 17.4 Å². The van der Waals surface area contributed by atoms with Crippen LogP contribution in [0.25, 0.3) is 27.6 Å². The lowest BCUT2D eigenvalue weighted by atomic mass is 10.2. The lowest BCUT2D eigenvalue weighted by Crippen LogP contribution is -1.81. The standard InChI is InChI=1S/C9H7ClN6/c10-9-8-7(13-5-14-9)6(4-12-8)2-1-3-15-16-11/h1-2,4-5,12H,3H2. The van der Waals surface area contributed by atoms with Crippen LogP contribution in [0.1, 0.15) is 5.56 Å². The van der Waals surface area contributed by atoms with E-state index in [4.69, 9.17) is 17.1 Å². The highest BCUT2D eigenvalue weighted by Gasteiger charge is 2.05. The Morgan fingerprint density at radius 3 is 3.25 bits per heavy atom. The van der Waals surface area contributed by atoms with Crippen molar-refractivity contribution in [3.05, 3.63) is 39.8 Å². The molecule has 0 aliphatic carbocycles. The summed E-state index contributed by atoms with van der Waals surface area (Å²) in [7, 11) is 0. The molecule has 0 aliphatic heterocycles. The second-order valence-corrected chi connectivity index (χ2v) is 3.31. The van der Waals surface area contributed by atoms with Crippen molar-refractivity contribution in [2.75, 3.05) is 6.54 Å². The van der Waals surface area contributed by atoms with Crippen molar-refractivity contribution in [3.63, 3.8) is 0 Å². The molecule has 16 heavy (non-hydrogen) atoms. The number of H-pyrrole nitrogens is 1. The van der Waals surface area contributed by atoms with E-state index in [1.165, 1.54) is 6.33 Å². The quantitative estimate of drug-likeness (QED) is 0.383. The van der Waals surface area contributed by atoms with Crippen molar-refractivity contribution in [2.45, 2.75) is 0 Å². The van der Waals surface area contributed by atoms with Crippen LogP contribution in [0.4, 0.5) is 0 Å². The average Bonchev–Trinajstić information content (AvgIpc) is 2.70. The maximum Gasteiger partial charge on any atom is 0.156 e. The van der Waals surface area contributed by atoms with Crippen LogP contribution in [0.5, 0.6) is 0 Å². The van der Waals surface area contributed by atoms with E-state index in [1.54, 1.807) is 12.3 Å². The van der Waals surface area contributed by atoms with Crippen molar-refractivity contribution >= 4 is 28.7 Å². The van der Waals surface area contributed by atoms with E-state index in [1.807, 2.05) is 6.08 Å². The molecule has 1 N–H and O–H groups in total. The molecule has 0 fully saturated rings. The Balaban J connectivity index is 2.35. The molecule has 2 aromatic rings. The van der Waals surface area contributed by atoms with Crippen LogP contribution in [0.3, 0.4) is 0 Å². The van der Waals surface area contributed by atoms with Crippen molar-refractivity contribution in [3.8, 4) is 0 Å². The van der Waals surface area contributed by atoms with E-state index in [9.17, 15) is 0 Å². The van der Waals surface area contributed by atoms with Gasteiger partial charge in [-0.1, -0.05) is 28.9 Å². The first-order chi connectivity index (χ1) is 7.83. The number of aromatic nitrogens is 3. The number of hydrogen-bond donors (Lipinski definition) is 1. The fourth-order valence-corrected chi connectivity index (χ4v) is 1.51. The summed E-state index contributed by atoms with van der Waals surface area (Å²) in [5.74, 6) is 0. The van der Waals surface area contributed by atoms with Crippen LogP contribution >= 0.6 is 11.6 Å². The topological polar surface area (TPSA) is 90.3 Å². The van der Waals surface area contributed by atoms with Crippen molar-refractivity contribution in [2.24, 2.45) is 5.11 Å². The minimum Gasteiger partial charge on any atom is -0.357 e. The first kappa shape index (κ1) is 10.5. The van der Waals surface area contributed by atoms with Gasteiger partial charge in [-0.25, -0.2) is 9.97 Å². The average molecular weight is 235 g/mol. The number of aromatic amines is 1. The third-order valence-corrected chi connectivity index (χ3v) is 2.28. The number of rotatable bonds is 3. The van der Waals surface area contributed by atoms with Gasteiger partial charge in [0, 0.05) is 23.2 Å². The third-order valence-electron chi connectivity index (χ3n) is 1.99. The lowest BCUT2D eigenvalue weighted by molar-refractivity contribution is 1.21. The predicted octanol–water partition coefficient (Wildman–Crippen LogP) is 2.93. The zero-order chi connectivity index (χ0) is 11.4. The first-order valence-corrected chi connectivity index (χ1v) is 4.85. The maximum atomic E-state index is 8.11. The molecule has 2 rings (SSSR count). The summed E-state index contributed by atoms with van der Waals surface area (Å²) >= 11 is 5.88. The molecule has 0 saturated heterocycles. The second kappa shape index (κ2) is 4.65. The number of nitrogens with zero attached hydrogens (tertiary/aromatic N) is 5. The van der Waals surface area contributed by atoms with Crippen LogP contribution in [-0.2, 0) is 0 Å².